The van der Waals surface area contributed by atoms with Gasteiger partial charge in [0.2, 0.25) is 0 Å². The number of ether oxygens (including phenoxy) is 1. The molecule has 0 saturated heterocycles. The van der Waals surface area contributed by atoms with Crippen LogP contribution in [-0.2, 0) is 16.0 Å². The van der Waals surface area contributed by atoms with Crippen LogP contribution in [0.25, 0.3) is 0 Å². The topological polar surface area (TPSA) is 162 Å². The smallest absolute Gasteiger partial charge is 0.407 e. The highest BCUT2D eigenvalue weighted by molar-refractivity contribution is 5.80. The molecule has 0 heterocycles. The van der Waals surface area contributed by atoms with Crippen molar-refractivity contribution >= 4 is 23.4 Å². The van der Waals surface area contributed by atoms with Gasteiger partial charge in [-0.05, 0) is 16.7 Å². The van der Waals surface area contributed by atoms with E-state index in [2.05, 4.69) is 5.32 Å². The summed E-state index contributed by atoms with van der Waals surface area (Å²) in [5, 5.41) is 33.8. The summed E-state index contributed by atoms with van der Waals surface area (Å²) in [7, 11) is 0. The van der Waals surface area contributed by atoms with Crippen molar-refractivity contribution in [2.75, 3.05) is 6.61 Å². The number of nitrogens with one attached hydrogen (secondary N) is 1. The molecule has 1 unspecified atom stereocenters. The van der Waals surface area contributed by atoms with Crippen molar-refractivity contribution in [3.05, 3.63) is 116 Å². The molecule has 0 aromatic heterocycles. The van der Waals surface area contributed by atoms with Crippen molar-refractivity contribution in [3.63, 3.8) is 0 Å². The van der Waals surface area contributed by atoms with Gasteiger partial charge < -0.3 is 15.2 Å². The maximum absolute atomic E-state index is 12.4. The number of non-ortho nitro benzene ring substituents is 2. The molecular formula is C24H21N3O8. The molecule has 1 amide bonds. The summed E-state index contributed by atoms with van der Waals surface area (Å²) < 4.78 is 5.31. The normalized spacial score (nSPS) is 11.5. The van der Waals surface area contributed by atoms with Crippen LogP contribution in [0.2, 0.25) is 0 Å². The first kappa shape index (κ1) is 24.8. The van der Waals surface area contributed by atoms with Gasteiger partial charge >= 0.3 is 12.1 Å². The standard InChI is InChI=1S/C24H21N3O8/c28-23(29)22(14-16-4-2-1-3-5-16)25-24(30)35-15-21(17-6-10-19(11-7-17)26(31)32)18-8-12-20(13-9-18)27(33)34/h1-13,21-22H,14-15H2,(H,25,30)(H,28,29). The van der Waals surface area contributed by atoms with E-state index in [1.165, 1.54) is 48.5 Å². The van der Waals surface area contributed by atoms with Crippen LogP contribution < -0.4 is 5.32 Å². The number of alkyl carbamates (subject to hydrolysis) is 1. The molecule has 0 fully saturated rings. The second-order valence-corrected chi connectivity index (χ2v) is 7.57. The number of hydrogen-bond donors (Lipinski definition) is 2. The quantitative estimate of drug-likeness (QED) is 0.325. The summed E-state index contributed by atoms with van der Waals surface area (Å²) >= 11 is 0. The second kappa shape index (κ2) is 11.4. The zero-order valence-corrected chi connectivity index (χ0v) is 18.3. The van der Waals surface area contributed by atoms with E-state index in [1.54, 1.807) is 30.3 Å². The van der Waals surface area contributed by atoms with Crippen LogP contribution >= 0.6 is 0 Å². The van der Waals surface area contributed by atoms with E-state index in [0.29, 0.717) is 11.1 Å². The number of hydrogen-bond acceptors (Lipinski definition) is 7. The second-order valence-electron chi connectivity index (χ2n) is 7.57. The van der Waals surface area contributed by atoms with E-state index in [1.807, 2.05) is 0 Å². The van der Waals surface area contributed by atoms with Gasteiger partial charge in [-0.25, -0.2) is 9.59 Å². The van der Waals surface area contributed by atoms with E-state index in [9.17, 15) is 34.9 Å². The molecule has 11 heteroatoms. The highest BCUT2D eigenvalue weighted by Gasteiger charge is 2.23. The minimum Gasteiger partial charge on any atom is -0.480 e. The van der Waals surface area contributed by atoms with E-state index in [-0.39, 0.29) is 24.4 Å². The molecule has 3 aromatic carbocycles. The van der Waals surface area contributed by atoms with Crippen LogP contribution in [-0.4, -0.2) is 39.7 Å². The third-order valence-electron chi connectivity index (χ3n) is 5.27. The fourth-order valence-electron chi connectivity index (χ4n) is 3.43. The highest BCUT2D eigenvalue weighted by Crippen LogP contribution is 2.28. The van der Waals surface area contributed by atoms with Crippen molar-refractivity contribution in [1.82, 2.24) is 5.32 Å². The molecule has 2 N–H and O–H groups in total. The lowest BCUT2D eigenvalue weighted by atomic mass is 9.92. The zero-order valence-electron chi connectivity index (χ0n) is 18.3. The number of carboxylic acids is 1. The van der Waals surface area contributed by atoms with Crippen molar-refractivity contribution in [1.29, 1.82) is 0 Å². The molecule has 180 valence electrons. The molecule has 35 heavy (non-hydrogen) atoms. The Bertz CT molecular complexity index is 1140. The van der Waals surface area contributed by atoms with Crippen LogP contribution in [0.4, 0.5) is 16.2 Å². The minimum atomic E-state index is -1.23. The van der Waals surface area contributed by atoms with Crippen molar-refractivity contribution in [3.8, 4) is 0 Å². The number of carbonyl (C=O) groups excluding carboxylic acids is 1. The Hall–Kier alpha value is -4.80. The molecule has 1 atom stereocenters. The molecule has 0 saturated carbocycles. The summed E-state index contributed by atoms with van der Waals surface area (Å²) in [6.07, 6.45) is -0.901. The highest BCUT2D eigenvalue weighted by atomic mass is 16.6. The SMILES string of the molecule is O=C(NC(Cc1ccccc1)C(=O)O)OCC(c1ccc([N+](=O)[O-])cc1)c1ccc([N+](=O)[O-])cc1. The average molecular weight is 479 g/mol. The van der Waals surface area contributed by atoms with E-state index >= 15 is 0 Å². The lowest BCUT2D eigenvalue weighted by Crippen LogP contribution is -2.42. The first-order valence-electron chi connectivity index (χ1n) is 10.4. The lowest BCUT2D eigenvalue weighted by molar-refractivity contribution is -0.385. The molecule has 0 radical (unpaired) electrons. The Kier molecular flexibility index (Phi) is 8.06. The average Bonchev–Trinajstić information content (AvgIpc) is 2.85. The maximum Gasteiger partial charge on any atom is 0.407 e. The molecule has 3 aromatic rings. The van der Waals surface area contributed by atoms with Gasteiger partial charge in [0, 0.05) is 36.6 Å². The largest absolute Gasteiger partial charge is 0.480 e. The van der Waals surface area contributed by atoms with Gasteiger partial charge in [0.05, 0.1) is 9.85 Å². The van der Waals surface area contributed by atoms with Gasteiger partial charge in [-0.3, -0.25) is 20.2 Å². The predicted molar refractivity (Wildman–Crippen MR) is 124 cm³/mol. The number of benzene rings is 3. The van der Waals surface area contributed by atoms with E-state index in [0.717, 1.165) is 5.56 Å². The Labute approximate surface area is 199 Å². The summed E-state index contributed by atoms with van der Waals surface area (Å²) in [6, 6.07) is 18.8. The van der Waals surface area contributed by atoms with E-state index in [4.69, 9.17) is 4.74 Å². The lowest BCUT2D eigenvalue weighted by Gasteiger charge is -2.20. The number of carbonyl (C=O) groups is 2. The summed E-state index contributed by atoms with van der Waals surface area (Å²) in [6.45, 7) is -0.237. The summed E-state index contributed by atoms with van der Waals surface area (Å²) in [5.41, 5.74) is 1.60. The van der Waals surface area contributed by atoms with Gasteiger partial charge in [-0.15, -0.1) is 0 Å². The Morgan fingerprint density at radius 1 is 0.829 bits per heavy atom. The van der Waals surface area contributed by atoms with Crippen LogP contribution in [0.5, 0.6) is 0 Å². The van der Waals surface area contributed by atoms with Crippen molar-refractivity contribution in [2.24, 2.45) is 0 Å². The monoisotopic (exact) mass is 479 g/mol. The predicted octanol–water partition coefficient (Wildman–Crippen LogP) is 4.06. The molecule has 11 nitrogen and oxygen atoms in total. The molecular weight excluding hydrogens is 458 g/mol. The molecule has 3 rings (SSSR count). The molecule has 0 bridgehead atoms. The first-order valence-corrected chi connectivity index (χ1v) is 10.4. The van der Waals surface area contributed by atoms with Crippen LogP contribution in [0.1, 0.15) is 22.6 Å². The third kappa shape index (κ3) is 6.84. The Morgan fingerprint density at radius 2 is 1.31 bits per heavy atom. The first-order chi connectivity index (χ1) is 16.7. The fraction of sp³-hybridized carbons (Fsp3) is 0.167. The van der Waals surface area contributed by atoms with Crippen molar-refractivity contribution in [2.45, 2.75) is 18.4 Å². The van der Waals surface area contributed by atoms with Gasteiger partial charge in [0.15, 0.2) is 0 Å². The fourth-order valence-corrected chi connectivity index (χ4v) is 3.43. The van der Waals surface area contributed by atoms with Gasteiger partial charge in [-0.1, -0.05) is 54.6 Å². The number of amides is 1. The zero-order chi connectivity index (χ0) is 25.4. The molecule has 0 spiro atoms. The Morgan fingerprint density at radius 3 is 1.74 bits per heavy atom. The van der Waals surface area contributed by atoms with E-state index < -0.39 is 33.9 Å². The van der Waals surface area contributed by atoms with Crippen LogP contribution in [0, 0.1) is 20.2 Å². The number of rotatable bonds is 10. The third-order valence-corrected chi connectivity index (χ3v) is 5.27. The summed E-state index contributed by atoms with van der Waals surface area (Å²) in [5.74, 6) is -1.84. The maximum atomic E-state index is 12.4. The van der Waals surface area contributed by atoms with Gasteiger partial charge in [0.1, 0.15) is 12.6 Å². The van der Waals surface area contributed by atoms with Gasteiger partial charge in [-0.2, -0.15) is 0 Å². The minimum absolute atomic E-state index is 0.0550. The molecule has 0 aliphatic heterocycles. The number of nitrogens with zero attached hydrogens (tertiary/aromatic N) is 2. The molecule has 0 aliphatic carbocycles. The number of aliphatic carboxylic acids is 1. The Balaban J connectivity index is 1.76. The van der Waals surface area contributed by atoms with Crippen LogP contribution in [0.3, 0.4) is 0 Å². The number of carboxylic acid groups (broad SMARTS) is 1. The molecule has 0 aliphatic rings. The van der Waals surface area contributed by atoms with Crippen molar-refractivity contribution < 1.29 is 29.3 Å². The van der Waals surface area contributed by atoms with Gasteiger partial charge in [0.25, 0.3) is 11.4 Å². The number of nitro benzene ring substituents is 2. The summed E-state index contributed by atoms with van der Waals surface area (Å²) in [4.78, 5) is 44.9. The number of nitro groups is 2. The van der Waals surface area contributed by atoms with Crippen LogP contribution in [0.15, 0.2) is 78.9 Å².